The van der Waals surface area contributed by atoms with Gasteiger partial charge in [0, 0.05) is 35.1 Å². The van der Waals surface area contributed by atoms with Gasteiger partial charge in [0.15, 0.2) is 0 Å². The summed E-state index contributed by atoms with van der Waals surface area (Å²) in [5, 5.41) is 29.0. The van der Waals surface area contributed by atoms with Gasteiger partial charge in [-0.15, -0.1) is 0 Å². The number of aliphatic hydroxyl groups excluding tert-OH is 2. The maximum Gasteiger partial charge on any atom is 0.305 e. The van der Waals surface area contributed by atoms with Gasteiger partial charge in [0.1, 0.15) is 5.82 Å². The molecule has 6 heteroatoms. The largest absolute Gasteiger partial charge is 0.481 e. The standard InChI is InChI=1S/C26H28FNO4/c1-17(2)26-23(13-12-21(29)14-22(30)15-25(31)32)24(18-8-10-19(27)11-9-18)16-28(26)20-6-4-3-5-7-20/h3-13,16-17,21-22,29-30H,14-15H2,1-2H3,(H,31,32)/b13-12+/t21-,22-/m1/s1. The molecule has 0 saturated heterocycles. The van der Waals surface area contributed by atoms with Crippen molar-refractivity contribution in [2.45, 2.75) is 44.8 Å². The molecule has 1 heterocycles. The number of benzene rings is 2. The lowest BCUT2D eigenvalue weighted by atomic mass is 9.97. The number of aliphatic hydroxyl groups is 2. The van der Waals surface area contributed by atoms with E-state index in [1.165, 1.54) is 12.1 Å². The monoisotopic (exact) mass is 437 g/mol. The zero-order valence-corrected chi connectivity index (χ0v) is 18.1. The molecule has 0 radical (unpaired) electrons. The number of carboxylic acid groups (broad SMARTS) is 1. The average molecular weight is 438 g/mol. The van der Waals surface area contributed by atoms with Crippen LogP contribution in [0.3, 0.4) is 0 Å². The lowest BCUT2D eigenvalue weighted by molar-refractivity contribution is -0.139. The molecule has 2 aromatic carbocycles. The molecule has 2 atom stereocenters. The maximum absolute atomic E-state index is 13.5. The minimum Gasteiger partial charge on any atom is -0.481 e. The molecule has 1 aromatic heterocycles. The van der Waals surface area contributed by atoms with Crippen molar-refractivity contribution < 1.29 is 24.5 Å². The molecular weight excluding hydrogens is 409 g/mol. The lowest BCUT2D eigenvalue weighted by Gasteiger charge is -2.14. The number of hydrogen-bond donors (Lipinski definition) is 3. The molecule has 0 aliphatic carbocycles. The molecule has 168 valence electrons. The highest BCUT2D eigenvalue weighted by atomic mass is 19.1. The van der Waals surface area contributed by atoms with Crippen molar-refractivity contribution in [3.05, 3.63) is 83.9 Å². The summed E-state index contributed by atoms with van der Waals surface area (Å²) in [6.45, 7) is 4.15. The Morgan fingerprint density at radius 1 is 1.06 bits per heavy atom. The predicted molar refractivity (Wildman–Crippen MR) is 123 cm³/mol. The molecule has 3 rings (SSSR count). The zero-order valence-electron chi connectivity index (χ0n) is 18.1. The number of aromatic nitrogens is 1. The maximum atomic E-state index is 13.5. The van der Waals surface area contributed by atoms with Crippen LogP contribution in [0, 0.1) is 5.82 Å². The molecule has 0 aliphatic rings. The molecule has 32 heavy (non-hydrogen) atoms. The summed E-state index contributed by atoms with van der Waals surface area (Å²) in [5.74, 6) is -1.30. The molecule has 0 spiro atoms. The van der Waals surface area contributed by atoms with Crippen LogP contribution in [-0.4, -0.2) is 38.1 Å². The highest BCUT2D eigenvalue weighted by Crippen LogP contribution is 2.35. The first kappa shape index (κ1) is 23.4. The van der Waals surface area contributed by atoms with E-state index < -0.39 is 24.6 Å². The van der Waals surface area contributed by atoms with E-state index in [4.69, 9.17) is 5.11 Å². The molecule has 3 aromatic rings. The third-order valence-corrected chi connectivity index (χ3v) is 5.23. The van der Waals surface area contributed by atoms with Crippen LogP contribution in [0.25, 0.3) is 22.9 Å². The number of carboxylic acids is 1. The van der Waals surface area contributed by atoms with Crippen molar-refractivity contribution in [2.24, 2.45) is 0 Å². The van der Waals surface area contributed by atoms with Crippen LogP contribution in [0.5, 0.6) is 0 Å². The van der Waals surface area contributed by atoms with Crippen molar-refractivity contribution in [3.8, 4) is 16.8 Å². The quantitative estimate of drug-likeness (QED) is 0.440. The van der Waals surface area contributed by atoms with E-state index >= 15 is 0 Å². The van der Waals surface area contributed by atoms with Gasteiger partial charge in [-0.1, -0.05) is 56.3 Å². The summed E-state index contributed by atoms with van der Waals surface area (Å²) < 4.78 is 15.6. The lowest BCUT2D eigenvalue weighted by Crippen LogP contribution is -2.19. The van der Waals surface area contributed by atoms with E-state index in [9.17, 15) is 19.4 Å². The number of halogens is 1. The van der Waals surface area contributed by atoms with Crippen molar-refractivity contribution in [1.29, 1.82) is 0 Å². The zero-order chi connectivity index (χ0) is 23.3. The molecular formula is C26H28FNO4. The summed E-state index contributed by atoms with van der Waals surface area (Å²) >= 11 is 0. The van der Waals surface area contributed by atoms with E-state index in [0.717, 1.165) is 28.1 Å². The Labute approximate surface area is 187 Å². The van der Waals surface area contributed by atoms with Crippen molar-refractivity contribution in [2.75, 3.05) is 0 Å². The number of nitrogens with zero attached hydrogens (tertiary/aromatic N) is 1. The van der Waals surface area contributed by atoms with E-state index in [0.29, 0.717) is 0 Å². The molecule has 0 saturated carbocycles. The average Bonchev–Trinajstić information content (AvgIpc) is 3.12. The Morgan fingerprint density at radius 3 is 2.31 bits per heavy atom. The predicted octanol–water partition coefficient (Wildman–Crippen LogP) is 5.01. The highest BCUT2D eigenvalue weighted by molar-refractivity contribution is 5.78. The summed E-state index contributed by atoms with van der Waals surface area (Å²) in [6, 6.07) is 16.1. The highest BCUT2D eigenvalue weighted by Gasteiger charge is 2.20. The van der Waals surface area contributed by atoms with Crippen LogP contribution in [-0.2, 0) is 4.79 Å². The molecule has 0 amide bonds. The van der Waals surface area contributed by atoms with E-state index in [1.54, 1.807) is 24.3 Å². The Kier molecular flexibility index (Phi) is 7.62. The first-order chi connectivity index (χ1) is 15.3. The van der Waals surface area contributed by atoms with Crippen LogP contribution >= 0.6 is 0 Å². The van der Waals surface area contributed by atoms with Gasteiger partial charge in [0.2, 0.25) is 0 Å². The molecule has 0 fully saturated rings. The van der Waals surface area contributed by atoms with Crippen LogP contribution in [0.4, 0.5) is 4.39 Å². The smallest absolute Gasteiger partial charge is 0.305 e. The summed E-state index contributed by atoms with van der Waals surface area (Å²) in [5.41, 5.74) is 4.60. The fourth-order valence-corrected chi connectivity index (χ4v) is 3.81. The van der Waals surface area contributed by atoms with Gasteiger partial charge in [-0.3, -0.25) is 4.79 Å². The van der Waals surface area contributed by atoms with Gasteiger partial charge in [-0.25, -0.2) is 4.39 Å². The van der Waals surface area contributed by atoms with Crippen molar-refractivity contribution in [3.63, 3.8) is 0 Å². The summed E-state index contributed by atoms with van der Waals surface area (Å²) in [4.78, 5) is 10.8. The third kappa shape index (κ3) is 5.72. The molecule has 0 bridgehead atoms. The van der Waals surface area contributed by atoms with Gasteiger partial charge in [-0.2, -0.15) is 0 Å². The van der Waals surface area contributed by atoms with Gasteiger partial charge in [-0.05, 0) is 35.7 Å². The van der Waals surface area contributed by atoms with Crippen LogP contribution in [0.1, 0.15) is 43.9 Å². The van der Waals surface area contributed by atoms with Gasteiger partial charge in [0.05, 0.1) is 18.6 Å². The van der Waals surface area contributed by atoms with Gasteiger partial charge < -0.3 is 19.9 Å². The number of hydrogen-bond acceptors (Lipinski definition) is 3. The van der Waals surface area contributed by atoms with Gasteiger partial charge in [0.25, 0.3) is 0 Å². The topological polar surface area (TPSA) is 82.7 Å². The second-order valence-electron chi connectivity index (χ2n) is 8.12. The minimum absolute atomic E-state index is 0.0783. The second-order valence-corrected chi connectivity index (χ2v) is 8.12. The molecule has 3 N–H and O–H groups in total. The Balaban J connectivity index is 2.06. The van der Waals surface area contributed by atoms with Crippen molar-refractivity contribution in [1.82, 2.24) is 4.57 Å². The number of carbonyl (C=O) groups is 1. The van der Waals surface area contributed by atoms with Crippen molar-refractivity contribution >= 4 is 12.0 Å². The van der Waals surface area contributed by atoms with E-state index in [1.807, 2.05) is 36.5 Å². The SMILES string of the molecule is CC(C)c1c(/C=C/[C@@H](O)C[C@@H](O)CC(=O)O)c(-c2ccc(F)cc2)cn1-c1ccccc1. The number of para-hydroxylation sites is 1. The first-order valence-corrected chi connectivity index (χ1v) is 10.6. The Morgan fingerprint density at radius 2 is 1.72 bits per heavy atom. The second kappa shape index (κ2) is 10.4. The van der Waals surface area contributed by atoms with Crippen LogP contribution < -0.4 is 0 Å². The summed E-state index contributed by atoms with van der Waals surface area (Å²) in [7, 11) is 0. The first-order valence-electron chi connectivity index (χ1n) is 10.6. The minimum atomic E-state index is -1.14. The molecule has 0 aliphatic heterocycles. The molecule has 0 unspecified atom stereocenters. The normalized spacial score (nSPS) is 13.6. The van der Waals surface area contributed by atoms with E-state index in [-0.39, 0.29) is 18.2 Å². The summed E-state index contributed by atoms with van der Waals surface area (Å²) in [6.07, 6.45) is 2.72. The van der Waals surface area contributed by atoms with Gasteiger partial charge >= 0.3 is 5.97 Å². The molecule has 5 nitrogen and oxygen atoms in total. The third-order valence-electron chi connectivity index (χ3n) is 5.23. The fraction of sp³-hybridized carbons (Fsp3) is 0.269. The van der Waals surface area contributed by atoms with Crippen LogP contribution in [0.2, 0.25) is 0 Å². The van der Waals surface area contributed by atoms with Crippen LogP contribution in [0.15, 0.2) is 66.9 Å². The fourth-order valence-electron chi connectivity index (χ4n) is 3.81. The Bertz CT molecular complexity index is 1070. The van der Waals surface area contributed by atoms with E-state index in [2.05, 4.69) is 18.4 Å². The number of aliphatic carboxylic acids is 1. The Hall–Kier alpha value is -3.22. The number of rotatable bonds is 9.